The van der Waals surface area contributed by atoms with Crippen LogP contribution in [-0.4, -0.2) is 68.0 Å². The molecule has 2 fully saturated rings. The quantitative estimate of drug-likeness (QED) is 0.798. The number of pyridine rings is 1. The molecule has 2 amide bonds. The highest BCUT2D eigenvalue weighted by molar-refractivity contribution is 5.73. The largest absolute Gasteiger partial charge is 0.381 e. The third-order valence-electron chi connectivity index (χ3n) is 4.65. The lowest BCUT2D eigenvalue weighted by Crippen LogP contribution is -2.53. The van der Waals surface area contributed by atoms with E-state index in [4.69, 9.17) is 9.47 Å². The number of hydrogen-bond acceptors (Lipinski definition) is 5. The van der Waals surface area contributed by atoms with Crippen LogP contribution in [0.3, 0.4) is 0 Å². The summed E-state index contributed by atoms with van der Waals surface area (Å²) in [5, 5.41) is 5.87. The fraction of sp³-hybridized carbons (Fsp3) is 0.647. The second kappa shape index (κ2) is 8.96. The summed E-state index contributed by atoms with van der Waals surface area (Å²) in [5.74, 6) is 0.471. The van der Waals surface area contributed by atoms with Crippen LogP contribution in [0.4, 0.5) is 4.79 Å². The van der Waals surface area contributed by atoms with E-state index in [0.717, 1.165) is 51.6 Å². The Kier molecular flexibility index (Phi) is 6.40. The molecule has 0 unspecified atom stereocenters. The minimum atomic E-state index is -0.155. The van der Waals surface area contributed by atoms with Crippen LogP contribution in [-0.2, 0) is 16.0 Å². The fourth-order valence-corrected chi connectivity index (χ4v) is 3.29. The van der Waals surface area contributed by atoms with Gasteiger partial charge in [0.1, 0.15) is 0 Å². The van der Waals surface area contributed by atoms with Crippen molar-refractivity contribution >= 4 is 6.03 Å². The summed E-state index contributed by atoms with van der Waals surface area (Å²) >= 11 is 0. The topological polar surface area (TPSA) is 75.7 Å². The Balaban J connectivity index is 1.47. The smallest absolute Gasteiger partial charge is 0.315 e. The van der Waals surface area contributed by atoms with Crippen molar-refractivity contribution in [2.75, 3.05) is 46.1 Å². The summed E-state index contributed by atoms with van der Waals surface area (Å²) in [6.45, 7) is 6.00. The number of nitrogens with one attached hydrogen (secondary N) is 2. The molecule has 24 heavy (non-hydrogen) atoms. The van der Waals surface area contributed by atoms with Crippen LogP contribution in [0.15, 0.2) is 24.4 Å². The van der Waals surface area contributed by atoms with Crippen molar-refractivity contribution in [3.8, 4) is 0 Å². The van der Waals surface area contributed by atoms with Crippen LogP contribution >= 0.6 is 0 Å². The molecule has 2 aliphatic heterocycles. The van der Waals surface area contributed by atoms with E-state index in [-0.39, 0.29) is 6.03 Å². The predicted molar refractivity (Wildman–Crippen MR) is 89.6 cm³/mol. The molecular formula is C17H26N4O3. The Morgan fingerprint density at radius 2 is 2.12 bits per heavy atom. The van der Waals surface area contributed by atoms with E-state index in [9.17, 15) is 4.79 Å². The van der Waals surface area contributed by atoms with Gasteiger partial charge in [0.2, 0.25) is 0 Å². The maximum absolute atomic E-state index is 12.1. The van der Waals surface area contributed by atoms with Crippen molar-refractivity contribution in [3.05, 3.63) is 30.1 Å². The van der Waals surface area contributed by atoms with Crippen molar-refractivity contribution in [1.82, 2.24) is 20.5 Å². The highest BCUT2D eigenvalue weighted by atomic mass is 16.5. The molecule has 132 valence electrons. The molecule has 0 aromatic carbocycles. The molecule has 0 spiro atoms. The Labute approximate surface area is 142 Å². The summed E-state index contributed by atoms with van der Waals surface area (Å²) in [7, 11) is 0. The van der Waals surface area contributed by atoms with E-state index >= 15 is 0 Å². The SMILES string of the molecule is O=C(NCc1ccccn1)NC[C@H]([C@H]1CCOC1)N1CCOCC1. The number of carbonyl (C=O) groups is 1. The van der Waals surface area contributed by atoms with Crippen molar-refractivity contribution in [2.24, 2.45) is 5.92 Å². The minimum absolute atomic E-state index is 0.155. The van der Waals surface area contributed by atoms with E-state index < -0.39 is 0 Å². The van der Waals surface area contributed by atoms with Crippen LogP contribution < -0.4 is 10.6 Å². The van der Waals surface area contributed by atoms with Crippen molar-refractivity contribution in [1.29, 1.82) is 0 Å². The molecule has 7 heteroatoms. The van der Waals surface area contributed by atoms with Gasteiger partial charge in [-0.05, 0) is 18.6 Å². The number of hydrogen-bond donors (Lipinski definition) is 2. The Morgan fingerprint density at radius 3 is 2.83 bits per heavy atom. The van der Waals surface area contributed by atoms with E-state index in [1.165, 1.54) is 0 Å². The Morgan fingerprint density at radius 1 is 1.25 bits per heavy atom. The van der Waals surface area contributed by atoms with Gasteiger partial charge in [-0.15, -0.1) is 0 Å². The van der Waals surface area contributed by atoms with Gasteiger partial charge in [-0.25, -0.2) is 4.79 Å². The molecule has 0 saturated carbocycles. The lowest BCUT2D eigenvalue weighted by molar-refractivity contribution is 0.00212. The van der Waals surface area contributed by atoms with E-state index in [0.29, 0.717) is 25.0 Å². The fourth-order valence-electron chi connectivity index (χ4n) is 3.29. The molecule has 1 aromatic rings. The molecule has 0 bridgehead atoms. The molecule has 2 atom stereocenters. The highest BCUT2D eigenvalue weighted by Gasteiger charge is 2.31. The van der Waals surface area contributed by atoms with Gasteiger partial charge in [0, 0.05) is 44.4 Å². The van der Waals surface area contributed by atoms with Crippen LogP contribution in [0.25, 0.3) is 0 Å². The number of ether oxygens (including phenoxy) is 2. The third-order valence-corrected chi connectivity index (χ3v) is 4.65. The number of morpholine rings is 1. The van der Waals surface area contributed by atoms with Gasteiger partial charge in [0.05, 0.1) is 32.1 Å². The Hall–Kier alpha value is -1.70. The molecule has 2 N–H and O–H groups in total. The third kappa shape index (κ3) is 4.90. The zero-order valence-corrected chi connectivity index (χ0v) is 13.9. The van der Waals surface area contributed by atoms with E-state index in [1.54, 1.807) is 6.20 Å². The zero-order chi connectivity index (χ0) is 16.6. The summed E-state index contributed by atoms with van der Waals surface area (Å²) < 4.78 is 11.0. The first-order valence-corrected chi connectivity index (χ1v) is 8.64. The molecule has 7 nitrogen and oxygen atoms in total. The van der Waals surface area contributed by atoms with Crippen LogP contribution in [0.5, 0.6) is 0 Å². The van der Waals surface area contributed by atoms with E-state index in [1.807, 2.05) is 18.2 Å². The summed E-state index contributed by atoms with van der Waals surface area (Å²) in [5.41, 5.74) is 0.849. The second-order valence-electron chi connectivity index (χ2n) is 6.22. The predicted octanol–water partition coefficient (Wildman–Crippen LogP) is 0.618. The molecule has 1 aromatic heterocycles. The average molecular weight is 334 g/mol. The van der Waals surface area contributed by atoms with Gasteiger partial charge < -0.3 is 20.1 Å². The molecular weight excluding hydrogens is 308 g/mol. The van der Waals surface area contributed by atoms with Gasteiger partial charge in [-0.2, -0.15) is 0 Å². The summed E-state index contributed by atoms with van der Waals surface area (Å²) in [6, 6.07) is 5.82. The molecule has 0 radical (unpaired) electrons. The number of urea groups is 1. The Bertz CT molecular complexity index is 502. The number of amides is 2. The molecule has 3 heterocycles. The lowest BCUT2D eigenvalue weighted by atomic mass is 9.97. The number of carbonyl (C=O) groups excluding carboxylic acids is 1. The van der Waals surface area contributed by atoms with E-state index in [2.05, 4.69) is 20.5 Å². The van der Waals surface area contributed by atoms with Crippen molar-refractivity contribution in [3.63, 3.8) is 0 Å². The van der Waals surface area contributed by atoms with Gasteiger partial charge in [-0.3, -0.25) is 9.88 Å². The first kappa shape index (κ1) is 17.1. The molecule has 2 saturated heterocycles. The first-order chi connectivity index (χ1) is 11.8. The standard InChI is InChI=1S/C17H26N4O3/c22-17(19-11-15-3-1-2-5-18-15)20-12-16(14-4-8-24-13-14)21-6-9-23-10-7-21/h1-3,5,14,16H,4,6-13H2,(H2,19,20,22)/t14-,16+/m0/s1. The average Bonchev–Trinajstić information content (AvgIpc) is 3.16. The minimum Gasteiger partial charge on any atom is -0.381 e. The van der Waals surface area contributed by atoms with Crippen molar-refractivity contribution < 1.29 is 14.3 Å². The first-order valence-electron chi connectivity index (χ1n) is 8.64. The van der Waals surface area contributed by atoms with Crippen LogP contribution in [0.2, 0.25) is 0 Å². The summed E-state index contributed by atoms with van der Waals surface area (Å²) in [6.07, 6.45) is 2.78. The molecule has 2 aliphatic rings. The van der Waals surface area contributed by atoms with Gasteiger partial charge in [0.25, 0.3) is 0 Å². The highest BCUT2D eigenvalue weighted by Crippen LogP contribution is 2.21. The van der Waals surface area contributed by atoms with Crippen molar-refractivity contribution in [2.45, 2.75) is 19.0 Å². The monoisotopic (exact) mass is 334 g/mol. The number of aromatic nitrogens is 1. The number of nitrogens with zero attached hydrogens (tertiary/aromatic N) is 2. The second-order valence-corrected chi connectivity index (χ2v) is 6.22. The summed E-state index contributed by atoms with van der Waals surface area (Å²) in [4.78, 5) is 18.7. The zero-order valence-electron chi connectivity index (χ0n) is 13.9. The lowest BCUT2D eigenvalue weighted by Gasteiger charge is -2.37. The van der Waals surface area contributed by atoms with Gasteiger partial charge in [0.15, 0.2) is 0 Å². The number of rotatable bonds is 6. The maximum Gasteiger partial charge on any atom is 0.315 e. The maximum atomic E-state index is 12.1. The van der Waals surface area contributed by atoms with Crippen LogP contribution in [0, 0.1) is 5.92 Å². The molecule has 3 rings (SSSR count). The van der Waals surface area contributed by atoms with Gasteiger partial charge >= 0.3 is 6.03 Å². The normalized spacial score (nSPS) is 22.9. The molecule has 0 aliphatic carbocycles. The van der Waals surface area contributed by atoms with Crippen LogP contribution in [0.1, 0.15) is 12.1 Å². The van der Waals surface area contributed by atoms with Gasteiger partial charge in [-0.1, -0.05) is 6.07 Å².